The van der Waals surface area contributed by atoms with E-state index in [1.165, 1.54) is 49.9 Å². The lowest BCUT2D eigenvalue weighted by molar-refractivity contribution is -0.0444. The molecule has 4 fully saturated rings. The van der Waals surface area contributed by atoms with Crippen LogP contribution in [0.25, 0.3) is 0 Å². The van der Waals surface area contributed by atoms with E-state index in [0.717, 1.165) is 37.3 Å². The molecule has 4 aliphatic rings. The first-order chi connectivity index (χ1) is 11.3. The highest BCUT2D eigenvalue weighted by molar-refractivity contribution is 5.68. The molecular formula is C20H30N2O. The van der Waals surface area contributed by atoms with Gasteiger partial charge in [-0.25, -0.2) is 0 Å². The lowest BCUT2D eigenvalue weighted by Gasteiger charge is -2.57. The molecule has 0 amide bonds. The fraction of sp³-hybridized carbons (Fsp3) is 0.700. The summed E-state index contributed by atoms with van der Waals surface area (Å²) < 4.78 is 0. The van der Waals surface area contributed by atoms with Crippen molar-refractivity contribution < 1.29 is 5.11 Å². The predicted octanol–water partition coefficient (Wildman–Crippen LogP) is 4.11. The Hall–Kier alpha value is -1.22. The van der Waals surface area contributed by atoms with Crippen LogP contribution in [0.4, 0.5) is 11.4 Å². The van der Waals surface area contributed by atoms with E-state index >= 15 is 0 Å². The highest BCUT2D eigenvalue weighted by Crippen LogP contribution is 2.59. The van der Waals surface area contributed by atoms with E-state index in [9.17, 15) is 0 Å². The summed E-state index contributed by atoms with van der Waals surface area (Å²) in [6, 6.07) is 8.51. The third-order valence-electron chi connectivity index (χ3n) is 6.40. The van der Waals surface area contributed by atoms with E-state index in [1.807, 2.05) is 0 Å². The van der Waals surface area contributed by atoms with Crippen LogP contribution in [-0.4, -0.2) is 24.8 Å². The zero-order valence-corrected chi connectivity index (χ0v) is 14.1. The summed E-state index contributed by atoms with van der Waals surface area (Å²) in [6.45, 7) is 2.21. The van der Waals surface area contributed by atoms with Gasteiger partial charge in [0.25, 0.3) is 0 Å². The fourth-order valence-electron chi connectivity index (χ4n) is 5.88. The molecule has 5 rings (SSSR count). The van der Waals surface area contributed by atoms with Gasteiger partial charge in [-0.1, -0.05) is 12.1 Å². The smallest absolute Gasteiger partial charge is 0.0576 e. The molecular weight excluding hydrogens is 284 g/mol. The van der Waals surface area contributed by atoms with E-state index in [1.54, 1.807) is 0 Å². The molecule has 0 aromatic heterocycles. The molecule has 0 heterocycles. The SMILES string of the molecule is OCCCNc1ccccc1NCC12CC3CC(CC(C3)C1)C2. The van der Waals surface area contributed by atoms with Crippen molar-refractivity contribution in [3.05, 3.63) is 24.3 Å². The second-order valence-electron chi connectivity index (χ2n) is 8.32. The van der Waals surface area contributed by atoms with Crippen molar-refractivity contribution in [2.45, 2.75) is 44.9 Å². The third kappa shape index (κ3) is 3.21. The third-order valence-corrected chi connectivity index (χ3v) is 6.40. The molecule has 3 N–H and O–H groups in total. The number of para-hydroxylation sites is 2. The average molecular weight is 314 g/mol. The average Bonchev–Trinajstić information content (AvgIpc) is 2.53. The van der Waals surface area contributed by atoms with Crippen molar-refractivity contribution in [2.24, 2.45) is 23.2 Å². The van der Waals surface area contributed by atoms with Gasteiger partial charge in [0.2, 0.25) is 0 Å². The Kier molecular flexibility index (Phi) is 4.23. The van der Waals surface area contributed by atoms with Crippen molar-refractivity contribution in [1.29, 1.82) is 0 Å². The quantitative estimate of drug-likeness (QED) is 0.664. The van der Waals surface area contributed by atoms with E-state index in [-0.39, 0.29) is 6.61 Å². The van der Waals surface area contributed by atoms with Crippen LogP contribution in [0.2, 0.25) is 0 Å². The molecule has 4 bridgehead atoms. The van der Waals surface area contributed by atoms with Crippen molar-refractivity contribution in [3.8, 4) is 0 Å². The van der Waals surface area contributed by atoms with Gasteiger partial charge in [-0.2, -0.15) is 0 Å². The van der Waals surface area contributed by atoms with Crippen LogP contribution in [0.1, 0.15) is 44.9 Å². The second-order valence-corrected chi connectivity index (χ2v) is 8.32. The fourth-order valence-corrected chi connectivity index (χ4v) is 5.88. The lowest BCUT2D eigenvalue weighted by Crippen LogP contribution is -2.49. The molecule has 4 saturated carbocycles. The van der Waals surface area contributed by atoms with Crippen LogP contribution in [-0.2, 0) is 0 Å². The number of hydrogen-bond donors (Lipinski definition) is 3. The number of rotatable bonds is 7. The molecule has 0 atom stereocenters. The molecule has 1 aromatic rings. The zero-order chi connectivity index (χ0) is 15.7. The molecule has 1 aromatic carbocycles. The highest BCUT2D eigenvalue weighted by Gasteiger charge is 2.50. The first kappa shape index (κ1) is 15.3. The first-order valence-electron chi connectivity index (χ1n) is 9.44. The minimum Gasteiger partial charge on any atom is -0.396 e. The van der Waals surface area contributed by atoms with Crippen LogP contribution >= 0.6 is 0 Å². The van der Waals surface area contributed by atoms with Gasteiger partial charge in [0.15, 0.2) is 0 Å². The van der Waals surface area contributed by atoms with Crippen LogP contribution < -0.4 is 10.6 Å². The van der Waals surface area contributed by atoms with Gasteiger partial charge in [0, 0.05) is 19.7 Å². The summed E-state index contributed by atoms with van der Waals surface area (Å²) in [7, 11) is 0. The molecule has 23 heavy (non-hydrogen) atoms. The first-order valence-corrected chi connectivity index (χ1v) is 9.44. The largest absolute Gasteiger partial charge is 0.396 e. The van der Waals surface area contributed by atoms with Crippen molar-refractivity contribution in [2.75, 3.05) is 30.3 Å². The standard InChI is InChI=1S/C20H30N2O/c23-7-3-6-21-18-4-1-2-5-19(18)22-14-20-11-15-8-16(12-20)10-17(9-15)13-20/h1-2,4-5,15-17,21-23H,3,6-14H2. The Labute approximate surface area is 139 Å². The highest BCUT2D eigenvalue weighted by atomic mass is 16.3. The van der Waals surface area contributed by atoms with Crippen molar-refractivity contribution in [3.63, 3.8) is 0 Å². The number of anilines is 2. The van der Waals surface area contributed by atoms with Gasteiger partial charge in [-0.15, -0.1) is 0 Å². The maximum absolute atomic E-state index is 8.96. The monoisotopic (exact) mass is 314 g/mol. The number of benzene rings is 1. The minimum absolute atomic E-state index is 0.246. The van der Waals surface area contributed by atoms with Gasteiger partial charge in [0.05, 0.1) is 11.4 Å². The summed E-state index contributed by atoms with van der Waals surface area (Å²) in [4.78, 5) is 0. The molecule has 0 unspecified atom stereocenters. The van der Waals surface area contributed by atoms with E-state index in [2.05, 4.69) is 34.9 Å². The number of aliphatic hydroxyl groups excluding tert-OH is 1. The number of nitrogens with one attached hydrogen (secondary N) is 2. The van der Waals surface area contributed by atoms with Crippen molar-refractivity contribution in [1.82, 2.24) is 0 Å². The molecule has 3 nitrogen and oxygen atoms in total. The predicted molar refractivity (Wildman–Crippen MR) is 95.7 cm³/mol. The maximum Gasteiger partial charge on any atom is 0.0576 e. The van der Waals surface area contributed by atoms with E-state index in [0.29, 0.717) is 5.41 Å². The molecule has 0 aliphatic heterocycles. The van der Waals surface area contributed by atoms with Gasteiger partial charge in [-0.05, 0) is 80.2 Å². The normalized spacial score (nSPS) is 34.6. The van der Waals surface area contributed by atoms with Crippen molar-refractivity contribution >= 4 is 11.4 Å². The Morgan fingerprint density at radius 2 is 1.48 bits per heavy atom. The summed E-state index contributed by atoms with van der Waals surface area (Å²) in [6.07, 6.45) is 9.68. The lowest BCUT2D eigenvalue weighted by atomic mass is 9.49. The molecule has 4 aliphatic carbocycles. The number of aliphatic hydroxyl groups is 1. The van der Waals surface area contributed by atoms with Crippen LogP contribution in [0.15, 0.2) is 24.3 Å². The summed E-state index contributed by atoms with van der Waals surface area (Å²) in [5.41, 5.74) is 2.96. The number of hydrogen-bond acceptors (Lipinski definition) is 3. The summed E-state index contributed by atoms with van der Waals surface area (Å²) in [5, 5.41) is 16.2. The minimum atomic E-state index is 0.246. The van der Waals surface area contributed by atoms with E-state index < -0.39 is 0 Å². The Morgan fingerprint density at radius 1 is 0.913 bits per heavy atom. The van der Waals surface area contributed by atoms with E-state index in [4.69, 9.17) is 5.11 Å². The van der Waals surface area contributed by atoms with Gasteiger partial charge in [0.1, 0.15) is 0 Å². The van der Waals surface area contributed by atoms with Crippen LogP contribution in [0, 0.1) is 23.2 Å². The van der Waals surface area contributed by atoms with Crippen LogP contribution in [0.5, 0.6) is 0 Å². The van der Waals surface area contributed by atoms with Crippen LogP contribution in [0.3, 0.4) is 0 Å². The summed E-state index contributed by atoms with van der Waals surface area (Å²) in [5.74, 6) is 3.04. The second kappa shape index (κ2) is 6.35. The molecule has 3 heteroatoms. The summed E-state index contributed by atoms with van der Waals surface area (Å²) >= 11 is 0. The Bertz CT molecular complexity index is 507. The van der Waals surface area contributed by atoms with Gasteiger partial charge >= 0.3 is 0 Å². The molecule has 0 radical (unpaired) electrons. The topological polar surface area (TPSA) is 44.3 Å². The molecule has 0 spiro atoms. The zero-order valence-electron chi connectivity index (χ0n) is 14.1. The van der Waals surface area contributed by atoms with Gasteiger partial charge < -0.3 is 15.7 Å². The molecule has 0 saturated heterocycles. The maximum atomic E-state index is 8.96. The molecule has 126 valence electrons. The Morgan fingerprint density at radius 3 is 2.04 bits per heavy atom. The Balaban J connectivity index is 1.41. The van der Waals surface area contributed by atoms with Gasteiger partial charge in [-0.3, -0.25) is 0 Å².